The molecule has 1 aliphatic rings. The summed E-state index contributed by atoms with van der Waals surface area (Å²) in [5, 5.41) is 9.93. The Kier molecular flexibility index (Phi) is 5.79. The molecule has 0 heterocycles. The molecule has 1 aliphatic carbocycles. The van der Waals surface area contributed by atoms with Gasteiger partial charge in [-0.2, -0.15) is 26.9 Å². The monoisotopic (exact) mass is 535 g/mol. The maximum absolute atomic E-state index is 13.2. The fourth-order valence-corrected chi connectivity index (χ4v) is 5.58. The van der Waals surface area contributed by atoms with E-state index < -0.39 is 33.2 Å². The van der Waals surface area contributed by atoms with Crippen LogP contribution in [0, 0.1) is 18.3 Å². The summed E-state index contributed by atoms with van der Waals surface area (Å²) < 4.78 is 68.1. The van der Waals surface area contributed by atoms with Crippen LogP contribution in [0.1, 0.15) is 57.7 Å². The smallest absolute Gasteiger partial charge is 0.374 e. The van der Waals surface area contributed by atoms with Gasteiger partial charge in [0.2, 0.25) is 0 Å². The molecule has 0 aliphatic heterocycles. The van der Waals surface area contributed by atoms with Crippen LogP contribution in [0.25, 0.3) is 0 Å². The lowest BCUT2D eigenvalue weighted by Crippen LogP contribution is -2.29. The molecule has 0 bridgehead atoms. The van der Waals surface area contributed by atoms with E-state index >= 15 is 0 Å². The molecule has 170 valence electrons. The molecular weight excluding hydrogens is 519 g/mol. The van der Waals surface area contributed by atoms with E-state index in [0.717, 1.165) is 22.3 Å². The van der Waals surface area contributed by atoms with Crippen LogP contribution in [0.3, 0.4) is 0 Å². The molecule has 0 N–H and O–H groups in total. The quantitative estimate of drug-likeness (QED) is 0.283. The first-order chi connectivity index (χ1) is 15.5. The molecule has 2 unspecified atom stereocenters. The molecule has 0 saturated heterocycles. The summed E-state index contributed by atoms with van der Waals surface area (Å²) in [5.41, 5.74) is -1.20. The molecule has 0 amide bonds. The summed E-state index contributed by atoms with van der Waals surface area (Å²) in [4.78, 5) is 0. The second-order valence-corrected chi connectivity index (χ2v) is 10.2. The van der Waals surface area contributed by atoms with Gasteiger partial charge in [0.25, 0.3) is 0 Å². The zero-order valence-electron chi connectivity index (χ0n) is 17.4. The molecule has 0 aromatic heterocycles. The molecule has 0 fully saturated rings. The van der Waals surface area contributed by atoms with E-state index in [-0.39, 0.29) is 15.6 Å². The number of alkyl halides is 3. The zero-order chi connectivity index (χ0) is 24.1. The maximum atomic E-state index is 13.2. The highest BCUT2D eigenvalue weighted by Crippen LogP contribution is 2.53. The SMILES string of the molecule is Cc1ccccc1C1c2ccccc2C(C)c2c(OS(=O)(=O)C(F)(F)F)c(Br)cc(C#N)c21. The van der Waals surface area contributed by atoms with E-state index in [4.69, 9.17) is 0 Å². The van der Waals surface area contributed by atoms with Gasteiger partial charge in [-0.05, 0) is 56.7 Å². The standard InChI is InChI=1S/C24H17BrF3NO3S/c1-13-7-3-4-8-16(13)22-18-10-6-5-9-17(18)14(2)20-21(22)15(12-29)11-19(25)23(20)32-33(30,31)24(26,27)28/h3-11,14,22H,1-2H3. The van der Waals surface area contributed by atoms with Crippen molar-refractivity contribution in [1.82, 2.24) is 0 Å². The van der Waals surface area contributed by atoms with Gasteiger partial charge in [-0.25, -0.2) is 0 Å². The average molecular weight is 536 g/mol. The number of rotatable bonds is 3. The Labute approximate surface area is 197 Å². The molecule has 3 aromatic rings. The van der Waals surface area contributed by atoms with Crippen molar-refractivity contribution in [1.29, 1.82) is 5.26 Å². The highest BCUT2D eigenvalue weighted by Gasteiger charge is 2.50. The van der Waals surface area contributed by atoms with Crippen LogP contribution in [-0.4, -0.2) is 13.9 Å². The highest BCUT2D eigenvalue weighted by molar-refractivity contribution is 9.10. The molecule has 0 spiro atoms. The second-order valence-electron chi connectivity index (χ2n) is 7.80. The Bertz CT molecular complexity index is 1410. The van der Waals surface area contributed by atoms with Crippen molar-refractivity contribution in [2.24, 2.45) is 0 Å². The van der Waals surface area contributed by atoms with Gasteiger partial charge in [-0.3, -0.25) is 0 Å². The van der Waals surface area contributed by atoms with Gasteiger partial charge in [0.1, 0.15) is 0 Å². The summed E-state index contributed by atoms with van der Waals surface area (Å²) >= 11 is 3.14. The summed E-state index contributed by atoms with van der Waals surface area (Å²) in [6, 6.07) is 18.4. The van der Waals surface area contributed by atoms with Crippen molar-refractivity contribution in [3.63, 3.8) is 0 Å². The van der Waals surface area contributed by atoms with E-state index in [1.807, 2.05) is 55.5 Å². The lowest BCUT2D eigenvalue weighted by Gasteiger charge is -2.35. The van der Waals surface area contributed by atoms with Crippen LogP contribution in [0.2, 0.25) is 0 Å². The normalized spacial score (nSPS) is 17.6. The third-order valence-corrected chi connectivity index (χ3v) is 7.45. The minimum atomic E-state index is -5.93. The summed E-state index contributed by atoms with van der Waals surface area (Å²) in [5.74, 6) is -1.48. The van der Waals surface area contributed by atoms with Gasteiger partial charge in [0.05, 0.1) is 16.1 Å². The van der Waals surface area contributed by atoms with Crippen LogP contribution >= 0.6 is 15.9 Å². The molecule has 0 radical (unpaired) electrons. The van der Waals surface area contributed by atoms with Crippen LogP contribution in [0.4, 0.5) is 13.2 Å². The van der Waals surface area contributed by atoms with Crippen molar-refractivity contribution in [3.05, 3.63) is 98.0 Å². The van der Waals surface area contributed by atoms with Gasteiger partial charge in [-0.1, -0.05) is 55.5 Å². The van der Waals surface area contributed by atoms with Gasteiger partial charge in [0, 0.05) is 17.4 Å². The molecule has 2 atom stereocenters. The van der Waals surface area contributed by atoms with E-state index in [1.54, 1.807) is 6.92 Å². The Morgan fingerprint density at radius 3 is 2.15 bits per heavy atom. The minimum Gasteiger partial charge on any atom is -0.374 e. The fraction of sp³-hybridized carbons (Fsp3) is 0.208. The predicted octanol–water partition coefficient (Wildman–Crippen LogP) is 6.50. The van der Waals surface area contributed by atoms with E-state index in [2.05, 4.69) is 26.2 Å². The Morgan fingerprint density at radius 1 is 1.00 bits per heavy atom. The van der Waals surface area contributed by atoms with Gasteiger partial charge in [-0.15, -0.1) is 0 Å². The minimum absolute atomic E-state index is 0.0413. The number of fused-ring (bicyclic) bond motifs is 2. The highest BCUT2D eigenvalue weighted by atomic mass is 79.9. The number of aryl methyl sites for hydroxylation is 1. The Balaban J connectivity index is 2.11. The molecule has 4 nitrogen and oxygen atoms in total. The summed E-state index contributed by atoms with van der Waals surface area (Å²) in [6.07, 6.45) is 0. The second kappa shape index (κ2) is 8.19. The largest absolute Gasteiger partial charge is 0.534 e. The molecule has 9 heteroatoms. The zero-order valence-corrected chi connectivity index (χ0v) is 19.8. The van der Waals surface area contributed by atoms with E-state index in [9.17, 15) is 26.9 Å². The third kappa shape index (κ3) is 3.81. The lowest BCUT2D eigenvalue weighted by molar-refractivity contribution is -0.0500. The van der Waals surface area contributed by atoms with Crippen LogP contribution < -0.4 is 4.18 Å². The molecular formula is C24H17BrF3NO3S. The summed E-state index contributed by atoms with van der Waals surface area (Å²) in [7, 11) is -5.93. The molecule has 33 heavy (non-hydrogen) atoms. The van der Waals surface area contributed by atoms with Gasteiger partial charge < -0.3 is 4.18 Å². The first-order valence-corrected chi connectivity index (χ1v) is 12.1. The van der Waals surface area contributed by atoms with E-state index in [1.165, 1.54) is 6.07 Å². The van der Waals surface area contributed by atoms with Crippen molar-refractivity contribution >= 4 is 26.0 Å². The number of nitriles is 1. The van der Waals surface area contributed by atoms with Crippen LogP contribution in [0.15, 0.2) is 59.1 Å². The van der Waals surface area contributed by atoms with Crippen molar-refractivity contribution in [2.45, 2.75) is 31.2 Å². The first-order valence-electron chi connectivity index (χ1n) is 9.89. The predicted molar refractivity (Wildman–Crippen MR) is 121 cm³/mol. The Hall–Kier alpha value is -2.83. The van der Waals surface area contributed by atoms with Gasteiger partial charge >= 0.3 is 15.6 Å². The fourth-order valence-electron chi connectivity index (χ4n) is 4.45. The number of nitrogens with zero attached hydrogens (tertiary/aromatic N) is 1. The molecule has 4 rings (SSSR count). The lowest BCUT2D eigenvalue weighted by atomic mass is 9.68. The number of hydrogen-bond acceptors (Lipinski definition) is 4. The van der Waals surface area contributed by atoms with Crippen molar-refractivity contribution in [3.8, 4) is 11.8 Å². The van der Waals surface area contributed by atoms with Crippen LogP contribution in [0.5, 0.6) is 5.75 Å². The average Bonchev–Trinajstić information content (AvgIpc) is 2.75. The Morgan fingerprint density at radius 2 is 1.58 bits per heavy atom. The number of benzene rings is 3. The van der Waals surface area contributed by atoms with Crippen LogP contribution in [-0.2, 0) is 10.1 Å². The topological polar surface area (TPSA) is 67.2 Å². The van der Waals surface area contributed by atoms with Crippen molar-refractivity contribution < 1.29 is 25.8 Å². The van der Waals surface area contributed by atoms with E-state index in [0.29, 0.717) is 5.56 Å². The number of hydrogen-bond donors (Lipinski definition) is 0. The molecule has 3 aromatic carbocycles. The van der Waals surface area contributed by atoms with Gasteiger partial charge in [0.15, 0.2) is 5.75 Å². The number of halogens is 4. The third-order valence-electron chi connectivity index (χ3n) is 5.90. The molecule has 0 saturated carbocycles. The first kappa shape index (κ1) is 23.3. The maximum Gasteiger partial charge on any atom is 0.534 e. The summed E-state index contributed by atoms with van der Waals surface area (Å²) in [6.45, 7) is 3.67. The van der Waals surface area contributed by atoms with Crippen molar-refractivity contribution in [2.75, 3.05) is 0 Å².